The second kappa shape index (κ2) is 7.31. The van der Waals surface area contributed by atoms with E-state index in [-0.39, 0.29) is 0 Å². The maximum Gasteiger partial charge on any atom is 0.0708 e. The molecule has 0 amide bonds. The van der Waals surface area contributed by atoms with E-state index in [4.69, 9.17) is 0 Å². The van der Waals surface area contributed by atoms with Crippen LogP contribution < -0.4 is 4.90 Å². The Morgan fingerprint density at radius 2 is 1.62 bits per heavy atom. The molecule has 0 aliphatic carbocycles. The third kappa shape index (κ3) is 3.79. The van der Waals surface area contributed by atoms with E-state index in [2.05, 4.69) is 62.6 Å². The van der Waals surface area contributed by atoms with Crippen LogP contribution in [0.25, 0.3) is 0 Å². The summed E-state index contributed by atoms with van der Waals surface area (Å²) in [5.74, 6) is 1.17. The second-order valence-corrected chi connectivity index (χ2v) is 6.97. The zero-order chi connectivity index (χ0) is 15.4. The monoisotopic (exact) mass is 288 g/mol. The van der Waals surface area contributed by atoms with E-state index in [0.717, 1.165) is 6.67 Å². The van der Waals surface area contributed by atoms with Gasteiger partial charge in [-0.05, 0) is 35.9 Å². The summed E-state index contributed by atoms with van der Waals surface area (Å²) in [7, 11) is 0. The van der Waals surface area contributed by atoms with Gasteiger partial charge in [0.05, 0.1) is 6.67 Å². The largest absolute Gasteiger partial charge is 0.357 e. The van der Waals surface area contributed by atoms with Gasteiger partial charge in [-0.25, -0.2) is 0 Å². The van der Waals surface area contributed by atoms with Crippen LogP contribution in [0.15, 0.2) is 18.2 Å². The molecule has 0 aromatic heterocycles. The summed E-state index contributed by atoms with van der Waals surface area (Å²) in [6.07, 6.45) is 2.60. The molecule has 1 fully saturated rings. The molecule has 118 valence electrons. The van der Waals surface area contributed by atoms with Gasteiger partial charge in [-0.15, -0.1) is 0 Å². The molecule has 0 bridgehead atoms. The Balaban J connectivity index is 2.26. The van der Waals surface area contributed by atoms with E-state index in [1.165, 1.54) is 49.3 Å². The fraction of sp³-hybridized carbons (Fsp3) is 0.684. The van der Waals surface area contributed by atoms with E-state index in [1.54, 1.807) is 0 Å². The highest BCUT2D eigenvalue weighted by molar-refractivity contribution is 5.62. The molecule has 1 aromatic carbocycles. The number of nitrogens with zero attached hydrogens (tertiary/aromatic N) is 2. The number of hydrogen-bond donors (Lipinski definition) is 0. The van der Waals surface area contributed by atoms with Crippen molar-refractivity contribution in [1.29, 1.82) is 0 Å². The standard InChI is InChI=1S/C19H32N2/c1-6-7-11-20-12-13-21(14-20)19-17(15(2)3)9-8-10-18(19)16(4)5/h8-10,15-16H,6-7,11-14H2,1-5H3. The number of benzene rings is 1. The molecule has 1 aromatic rings. The van der Waals surface area contributed by atoms with Crippen LogP contribution in [0.2, 0.25) is 0 Å². The average molecular weight is 288 g/mol. The van der Waals surface area contributed by atoms with Crippen molar-refractivity contribution in [3.8, 4) is 0 Å². The van der Waals surface area contributed by atoms with Crippen LogP contribution in [0.1, 0.15) is 70.4 Å². The van der Waals surface area contributed by atoms with Crippen LogP contribution in [0.4, 0.5) is 5.69 Å². The molecule has 0 radical (unpaired) electrons. The van der Waals surface area contributed by atoms with Crippen molar-refractivity contribution in [3.63, 3.8) is 0 Å². The van der Waals surface area contributed by atoms with Gasteiger partial charge in [-0.1, -0.05) is 59.2 Å². The minimum Gasteiger partial charge on any atom is -0.357 e. The van der Waals surface area contributed by atoms with Gasteiger partial charge in [0, 0.05) is 18.8 Å². The molecule has 0 N–H and O–H groups in total. The molecular formula is C19H32N2. The maximum absolute atomic E-state index is 2.61. The predicted octanol–water partition coefficient (Wildman–Crippen LogP) is 4.81. The minimum atomic E-state index is 0.586. The van der Waals surface area contributed by atoms with Crippen LogP contribution in [-0.2, 0) is 0 Å². The second-order valence-electron chi connectivity index (χ2n) is 6.97. The maximum atomic E-state index is 2.61. The van der Waals surface area contributed by atoms with E-state index < -0.39 is 0 Å². The van der Waals surface area contributed by atoms with Crippen molar-refractivity contribution in [2.24, 2.45) is 0 Å². The Labute approximate surface area is 131 Å². The average Bonchev–Trinajstić information content (AvgIpc) is 2.92. The third-order valence-corrected chi connectivity index (χ3v) is 4.54. The van der Waals surface area contributed by atoms with Crippen LogP contribution in [0, 0.1) is 0 Å². The van der Waals surface area contributed by atoms with Crippen molar-refractivity contribution in [1.82, 2.24) is 4.90 Å². The van der Waals surface area contributed by atoms with Gasteiger partial charge in [-0.3, -0.25) is 4.90 Å². The van der Waals surface area contributed by atoms with Gasteiger partial charge >= 0.3 is 0 Å². The SMILES string of the molecule is CCCCN1CCN(c2c(C(C)C)cccc2C(C)C)C1. The molecule has 1 heterocycles. The number of unbranched alkanes of at least 4 members (excludes halogenated alkanes) is 1. The fourth-order valence-corrected chi connectivity index (χ4v) is 3.27. The highest BCUT2D eigenvalue weighted by Gasteiger charge is 2.25. The zero-order valence-corrected chi connectivity index (χ0v) is 14.5. The number of hydrogen-bond acceptors (Lipinski definition) is 2. The first-order chi connectivity index (χ1) is 10.0. The predicted molar refractivity (Wildman–Crippen MR) is 93.3 cm³/mol. The van der Waals surface area contributed by atoms with Crippen molar-refractivity contribution in [3.05, 3.63) is 29.3 Å². The van der Waals surface area contributed by atoms with Crippen molar-refractivity contribution < 1.29 is 0 Å². The van der Waals surface area contributed by atoms with Crippen LogP contribution in [0.3, 0.4) is 0 Å². The summed E-state index contributed by atoms with van der Waals surface area (Å²) < 4.78 is 0. The number of rotatable bonds is 6. The molecule has 0 unspecified atom stereocenters. The quantitative estimate of drug-likeness (QED) is 0.741. The molecule has 1 saturated heterocycles. The van der Waals surface area contributed by atoms with E-state index in [0.29, 0.717) is 11.8 Å². The van der Waals surface area contributed by atoms with Crippen LogP contribution in [-0.4, -0.2) is 31.2 Å². The smallest absolute Gasteiger partial charge is 0.0708 e. The highest BCUT2D eigenvalue weighted by atomic mass is 15.4. The first-order valence-electron chi connectivity index (χ1n) is 8.64. The lowest BCUT2D eigenvalue weighted by molar-refractivity contribution is 0.335. The molecular weight excluding hydrogens is 256 g/mol. The van der Waals surface area contributed by atoms with Crippen molar-refractivity contribution in [2.75, 3.05) is 31.2 Å². The molecule has 2 nitrogen and oxygen atoms in total. The molecule has 0 atom stereocenters. The van der Waals surface area contributed by atoms with Gasteiger partial charge in [0.25, 0.3) is 0 Å². The Hall–Kier alpha value is -1.02. The van der Waals surface area contributed by atoms with Crippen molar-refractivity contribution >= 4 is 5.69 Å². The zero-order valence-electron chi connectivity index (χ0n) is 14.5. The lowest BCUT2D eigenvalue weighted by Gasteiger charge is -2.28. The van der Waals surface area contributed by atoms with E-state index in [9.17, 15) is 0 Å². The minimum absolute atomic E-state index is 0.586. The Bertz CT molecular complexity index is 425. The summed E-state index contributed by atoms with van der Waals surface area (Å²) in [5, 5.41) is 0. The van der Waals surface area contributed by atoms with E-state index >= 15 is 0 Å². The third-order valence-electron chi connectivity index (χ3n) is 4.54. The van der Waals surface area contributed by atoms with Gasteiger partial charge in [0.1, 0.15) is 0 Å². The molecule has 0 saturated carbocycles. The first-order valence-corrected chi connectivity index (χ1v) is 8.64. The summed E-state index contributed by atoms with van der Waals surface area (Å²) in [6, 6.07) is 6.88. The fourth-order valence-electron chi connectivity index (χ4n) is 3.27. The van der Waals surface area contributed by atoms with Crippen LogP contribution in [0.5, 0.6) is 0 Å². The molecule has 1 aliphatic heterocycles. The van der Waals surface area contributed by atoms with Gasteiger partial charge < -0.3 is 4.90 Å². The van der Waals surface area contributed by atoms with E-state index in [1.807, 2.05) is 0 Å². The normalized spacial score (nSPS) is 16.4. The van der Waals surface area contributed by atoms with Crippen LogP contribution >= 0.6 is 0 Å². The Kier molecular flexibility index (Phi) is 5.69. The summed E-state index contributed by atoms with van der Waals surface area (Å²) in [4.78, 5) is 5.21. The van der Waals surface area contributed by atoms with Gasteiger partial charge in [-0.2, -0.15) is 0 Å². The molecule has 2 rings (SSSR count). The van der Waals surface area contributed by atoms with Gasteiger partial charge in [0.15, 0.2) is 0 Å². The van der Waals surface area contributed by atoms with Crippen molar-refractivity contribution in [2.45, 2.75) is 59.3 Å². The lowest BCUT2D eigenvalue weighted by Crippen LogP contribution is -2.27. The molecule has 2 heteroatoms. The molecule has 1 aliphatic rings. The Morgan fingerprint density at radius 3 is 2.14 bits per heavy atom. The summed E-state index contributed by atoms with van der Waals surface area (Å²) in [6.45, 7) is 16.3. The number of anilines is 1. The van der Waals surface area contributed by atoms with Gasteiger partial charge in [0.2, 0.25) is 0 Å². The first kappa shape index (κ1) is 16.4. The topological polar surface area (TPSA) is 6.48 Å². The molecule has 21 heavy (non-hydrogen) atoms. The Morgan fingerprint density at radius 1 is 1.00 bits per heavy atom. The highest BCUT2D eigenvalue weighted by Crippen LogP contribution is 2.36. The molecule has 0 spiro atoms. The number of para-hydroxylation sites is 1. The summed E-state index contributed by atoms with van der Waals surface area (Å²) in [5.41, 5.74) is 4.54. The summed E-state index contributed by atoms with van der Waals surface area (Å²) >= 11 is 0. The lowest BCUT2D eigenvalue weighted by atomic mass is 9.92.